The molecule has 3 heteroatoms. The third kappa shape index (κ3) is 1.16. The Labute approximate surface area is 79.9 Å². The van der Waals surface area contributed by atoms with Gasteiger partial charge in [0.1, 0.15) is 6.07 Å². The van der Waals surface area contributed by atoms with Crippen molar-refractivity contribution >= 4 is 0 Å². The highest BCUT2D eigenvalue weighted by molar-refractivity contribution is 5.22. The van der Waals surface area contributed by atoms with Gasteiger partial charge < -0.3 is 0 Å². The zero-order chi connectivity index (χ0) is 10.3. The second kappa shape index (κ2) is 2.80. The highest BCUT2D eigenvalue weighted by atomic mass is 15.5. The summed E-state index contributed by atoms with van der Waals surface area (Å²) in [6, 6.07) is 2.22. The lowest BCUT2D eigenvalue weighted by molar-refractivity contribution is 0.0991. The first-order chi connectivity index (χ1) is 5.90. The van der Waals surface area contributed by atoms with Gasteiger partial charge in [0.2, 0.25) is 0 Å². The van der Waals surface area contributed by atoms with E-state index in [4.69, 9.17) is 5.26 Å². The van der Waals surface area contributed by atoms with E-state index in [-0.39, 0.29) is 5.41 Å². The maximum absolute atomic E-state index is 9.05. The van der Waals surface area contributed by atoms with Crippen LogP contribution in [0.2, 0.25) is 0 Å². The Bertz CT molecular complexity index is 256. The number of nitrogens with zero attached hydrogens (tertiary/aromatic N) is 3. The lowest BCUT2D eigenvalue weighted by atomic mass is 9.64. The van der Waals surface area contributed by atoms with Crippen molar-refractivity contribution in [1.29, 1.82) is 5.26 Å². The first kappa shape index (κ1) is 10.2. The Hall–Kier alpha value is -0.910. The quantitative estimate of drug-likeness (QED) is 0.657. The maximum Gasteiger partial charge on any atom is 0.280 e. The van der Waals surface area contributed by atoms with Gasteiger partial charge in [-0.1, -0.05) is 34.6 Å². The second-order valence-corrected chi connectivity index (χ2v) is 4.58. The lowest BCUT2D eigenvalue weighted by Crippen LogP contribution is -2.43. The van der Waals surface area contributed by atoms with Crippen LogP contribution < -0.4 is 0 Å². The van der Waals surface area contributed by atoms with Crippen LogP contribution in [-0.2, 0) is 0 Å². The third-order valence-corrected chi connectivity index (χ3v) is 3.61. The van der Waals surface area contributed by atoms with Crippen molar-refractivity contribution in [3.63, 3.8) is 0 Å². The molecular formula is C10H17N3. The Morgan fingerprint density at radius 2 is 1.54 bits per heavy atom. The van der Waals surface area contributed by atoms with E-state index in [1.165, 1.54) is 0 Å². The summed E-state index contributed by atoms with van der Waals surface area (Å²) in [6.45, 7) is 10.6. The molecular weight excluding hydrogens is 162 g/mol. The molecule has 0 N–H and O–H groups in total. The maximum atomic E-state index is 9.05. The fourth-order valence-electron chi connectivity index (χ4n) is 1.90. The van der Waals surface area contributed by atoms with Crippen molar-refractivity contribution in [3.05, 3.63) is 0 Å². The smallest absolute Gasteiger partial charge is 0.193 e. The normalized spacial score (nSPS) is 19.2. The third-order valence-electron chi connectivity index (χ3n) is 3.61. The molecule has 0 radical (unpaired) electrons. The molecule has 1 heterocycles. The fourth-order valence-corrected chi connectivity index (χ4v) is 1.90. The number of nitriles is 1. The average molecular weight is 179 g/mol. The molecule has 1 aliphatic heterocycles. The van der Waals surface area contributed by atoms with Gasteiger partial charge in [-0.25, -0.2) is 0 Å². The topological polar surface area (TPSA) is 48.5 Å². The van der Waals surface area contributed by atoms with Crippen LogP contribution in [-0.4, -0.2) is 5.66 Å². The van der Waals surface area contributed by atoms with E-state index in [1.807, 2.05) is 0 Å². The molecule has 0 aromatic rings. The zero-order valence-corrected chi connectivity index (χ0v) is 9.00. The molecule has 0 aliphatic carbocycles. The van der Waals surface area contributed by atoms with E-state index >= 15 is 0 Å². The van der Waals surface area contributed by atoms with E-state index in [9.17, 15) is 0 Å². The summed E-state index contributed by atoms with van der Waals surface area (Å²) in [5.41, 5.74) is -0.892. The number of hydrogen-bond acceptors (Lipinski definition) is 3. The monoisotopic (exact) mass is 179 g/mol. The molecule has 0 fully saturated rings. The van der Waals surface area contributed by atoms with Crippen LogP contribution in [0, 0.1) is 28.6 Å². The van der Waals surface area contributed by atoms with E-state index in [0.717, 1.165) is 0 Å². The minimum Gasteiger partial charge on any atom is -0.193 e. The molecule has 0 amide bonds. The Balaban J connectivity index is 3.01. The average Bonchev–Trinajstić information content (AvgIpc) is 2.82. The highest BCUT2D eigenvalue weighted by Gasteiger charge is 2.60. The van der Waals surface area contributed by atoms with Gasteiger partial charge >= 0.3 is 0 Å². The van der Waals surface area contributed by atoms with Crippen LogP contribution in [0.3, 0.4) is 0 Å². The molecule has 0 unspecified atom stereocenters. The molecule has 1 rings (SSSR count). The molecule has 0 spiro atoms. The summed E-state index contributed by atoms with van der Waals surface area (Å²) in [4.78, 5) is 0. The zero-order valence-electron chi connectivity index (χ0n) is 9.00. The SMILES string of the molecule is CC(C)C(C)(C(C)C)C1(C#N)N=N1. The minimum absolute atomic E-state index is 0.137. The van der Waals surface area contributed by atoms with Crippen LogP contribution in [0.25, 0.3) is 0 Å². The summed E-state index contributed by atoms with van der Waals surface area (Å²) in [6.07, 6.45) is 0. The molecule has 13 heavy (non-hydrogen) atoms. The van der Waals surface area contributed by atoms with Crippen LogP contribution >= 0.6 is 0 Å². The molecule has 0 aromatic carbocycles. The molecule has 72 valence electrons. The number of rotatable bonds is 3. The summed E-state index contributed by atoms with van der Waals surface area (Å²) in [5.74, 6) is 0.810. The van der Waals surface area contributed by atoms with Crippen LogP contribution in [0.15, 0.2) is 10.2 Å². The molecule has 0 saturated heterocycles. The van der Waals surface area contributed by atoms with Crippen molar-refractivity contribution in [2.75, 3.05) is 0 Å². The predicted molar refractivity (Wildman–Crippen MR) is 51.0 cm³/mol. The van der Waals surface area contributed by atoms with Gasteiger partial charge in [-0.3, -0.25) is 0 Å². The van der Waals surface area contributed by atoms with E-state index in [0.29, 0.717) is 11.8 Å². The lowest BCUT2D eigenvalue weighted by Gasteiger charge is -2.38. The second-order valence-electron chi connectivity index (χ2n) is 4.58. The Morgan fingerprint density at radius 1 is 1.15 bits per heavy atom. The van der Waals surface area contributed by atoms with Crippen molar-refractivity contribution < 1.29 is 0 Å². The Kier molecular flexibility index (Phi) is 2.19. The largest absolute Gasteiger partial charge is 0.280 e. The van der Waals surface area contributed by atoms with Gasteiger partial charge in [0.05, 0.1) is 0 Å². The van der Waals surface area contributed by atoms with Gasteiger partial charge in [-0.15, -0.1) is 10.2 Å². The van der Waals surface area contributed by atoms with Crippen molar-refractivity contribution in [2.45, 2.75) is 40.3 Å². The summed E-state index contributed by atoms with van der Waals surface area (Å²) < 4.78 is 0. The van der Waals surface area contributed by atoms with Gasteiger partial charge in [-0.05, 0) is 11.8 Å². The first-order valence-corrected chi connectivity index (χ1v) is 4.76. The Morgan fingerprint density at radius 3 is 1.62 bits per heavy atom. The van der Waals surface area contributed by atoms with Crippen molar-refractivity contribution in [3.8, 4) is 6.07 Å². The summed E-state index contributed by atoms with van der Waals surface area (Å²) >= 11 is 0. The molecule has 1 aliphatic rings. The molecule has 0 aromatic heterocycles. The molecule has 0 bridgehead atoms. The molecule has 0 atom stereocenters. The van der Waals surface area contributed by atoms with Gasteiger partial charge in [0.15, 0.2) is 0 Å². The molecule has 0 saturated carbocycles. The predicted octanol–water partition coefficient (Wildman–Crippen LogP) is 2.99. The first-order valence-electron chi connectivity index (χ1n) is 4.76. The highest BCUT2D eigenvalue weighted by Crippen LogP contribution is 2.53. The molecule has 3 nitrogen and oxygen atoms in total. The van der Waals surface area contributed by atoms with Gasteiger partial charge in [0, 0.05) is 5.41 Å². The van der Waals surface area contributed by atoms with Gasteiger partial charge in [-0.2, -0.15) is 5.26 Å². The van der Waals surface area contributed by atoms with E-state index < -0.39 is 5.66 Å². The van der Waals surface area contributed by atoms with E-state index in [1.54, 1.807) is 0 Å². The summed E-state index contributed by atoms with van der Waals surface area (Å²) in [7, 11) is 0. The fraction of sp³-hybridized carbons (Fsp3) is 0.900. The number of hydrogen-bond donors (Lipinski definition) is 0. The van der Waals surface area contributed by atoms with E-state index in [2.05, 4.69) is 50.9 Å². The van der Waals surface area contributed by atoms with Crippen LogP contribution in [0.1, 0.15) is 34.6 Å². The van der Waals surface area contributed by atoms with Crippen molar-refractivity contribution in [2.24, 2.45) is 27.5 Å². The van der Waals surface area contributed by atoms with Crippen LogP contribution in [0.5, 0.6) is 0 Å². The standard InChI is InChI=1S/C10H17N3/c1-7(2)9(5,8(3)4)10(6-11)12-13-10/h7-8H,1-5H3. The minimum atomic E-state index is -0.755. The van der Waals surface area contributed by atoms with Crippen molar-refractivity contribution in [1.82, 2.24) is 0 Å². The summed E-state index contributed by atoms with van der Waals surface area (Å²) in [5, 5.41) is 16.9. The van der Waals surface area contributed by atoms with Gasteiger partial charge in [0.25, 0.3) is 5.66 Å². The van der Waals surface area contributed by atoms with Crippen LogP contribution in [0.4, 0.5) is 0 Å².